The second kappa shape index (κ2) is 10.8. The third kappa shape index (κ3) is 6.62. The molecule has 0 aromatic heterocycles. The van der Waals surface area contributed by atoms with Gasteiger partial charge in [0.2, 0.25) is 0 Å². The second-order valence-electron chi connectivity index (χ2n) is 5.90. The van der Waals surface area contributed by atoms with Gasteiger partial charge >= 0.3 is 0 Å². The van der Waals surface area contributed by atoms with Gasteiger partial charge < -0.3 is 10.1 Å². The Hall–Kier alpha value is -0.860. The maximum absolute atomic E-state index is 6.20. The van der Waals surface area contributed by atoms with E-state index in [1.807, 2.05) is 0 Å². The fourth-order valence-electron chi connectivity index (χ4n) is 2.72. The van der Waals surface area contributed by atoms with E-state index in [-0.39, 0.29) is 12.1 Å². The summed E-state index contributed by atoms with van der Waals surface area (Å²) < 4.78 is 6.20. The Bertz CT molecular complexity index is 352. The van der Waals surface area contributed by atoms with Gasteiger partial charge in [0.25, 0.3) is 0 Å². The molecule has 2 nitrogen and oxygen atoms in total. The molecular formula is C19H33NO. The van der Waals surface area contributed by atoms with E-state index >= 15 is 0 Å². The van der Waals surface area contributed by atoms with Crippen LogP contribution in [0, 0.1) is 5.92 Å². The van der Waals surface area contributed by atoms with E-state index < -0.39 is 0 Å². The zero-order valence-electron chi connectivity index (χ0n) is 14.3. The van der Waals surface area contributed by atoms with Crippen LogP contribution in [-0.4, -0.2) is 19.3 Å². The highest BCUT2D eigenvalue weighted by molar-refractivity contribution is 5.19. The molecule has 2 heteroatoms. The molecule has 0 saturated carbocycles. The highest BCUT2D eigenvalue weighted by Crippen LogP contribution is 2.21. The summed E-state index contributed by atoms with van der Waals surface area (Å²) in [4.78, 5) is 0. The number of likely N-dealkylation sites (N-methyl/N-ethyl adjacent to an activating group) is 1. The molecule has 1 N–H and O–H groups in total. The molecule has 0 aliphatic rings. The second-order valence-corrected chi connectivity index (χ2v) is 5.90. The van der Waals surface area contributed by atoms with Gasteiger partial charge in [0, 0.05) is 6.61 Å². The lowest BCUT2D eigenvalue weighted by Gasteiger charge is -2.27. The summed E-state index contributed by atoms with van der Waals surface area (Å²) >= 11 is 0. The van der Waals surface area contributed by atoms with Gasteiger partial charge in [-0.05, 0) is 31.4 Å². The van der Waals surface area contributed by atoms with E-state index in [1.54, 1.807) is 0 Å². The number of hydrogen-bond acceptors (Lipinski definition) is 2. The molecule has 0 heterocycles. The van der Waals surface area contributed by atoms with Crippen molar-refractivity contribution in [2.24, 2.45) is 5.92 Å². The molecular weight excluding hydrogens is 258 g/mol. The molecule has 3 atom stereocenters. The summed E-state index contributed by atoms with van der Waals surface area (Å²) in [6.07, 6.45) is 5.28. The summed E-state index contributed by atoms with van der Waals surface area (Å²) in [6, 6.07) is 10.9. The summed E-state index contributed by atoms with van der Waals surface area (Å²) in [5.74, 6) is 0.699. The average molecular weight is 291 g/mol. The first kappa shape index (κ1) is 18.2. The minimum absolute atomic E-state index is 0.197. The van der Waals surface area contributed by atoms with Crippen LogP contribution in [0.4, 0.5) is 0 Å². The topological polar surface area (TPSA) is 21.3 Å². The van der Waals surface area contributed by atoms with E-state index in [1.165, 1.54) is 31.2 Å². The Balaban J connectivity index is 2.55. The minimum Gasteiger partial charge on any atom is -0.376 e. The first-order valence-electron chi connectivity index (χ1n) is 8.62. The lowest BCUT2D eigenvalue weighted by atomic mass is 9.99. The first-order valence-corrected chi connectivity index (χ1v) is 8.62. The Labute approximate surface area is 131 Å². The van der Waals surface area contributed by atoms with Crippen molar-refractivity contribution in [2.45, 2.75) is 65.5 Å². The van der Waals surface area contributed by atoms with Gasteiger partial charge in [-0.3, -0.25) is 0 Å². The van der Waals surface area contributed by atoms with Crippen molar-refractivity contribution in [1.82, 2.24) is 5.32 Å². The van der Waals surface area contributed by atoms with Crippen LogP contribution in [0.25, 0.3) is 0 Å². The van der Waals surface area contributed by atoms with Crippen molar-refractivity contribution in [3.05, 3.63) is 35.9 Å². The molecule has 0 bridgehead atoms. The van der Waals surface area contributed by atoms with Crippen molar-refractivity contribution in [2.75, 3.05) is 13.2 Å². The summed E-state index contributed by atoms with van der Waals surface area (Å²) in [6.45, 7) is 10.7. The van der Waals surface area contributed by atoms with Gasteiger partial charge in [-0.15, -0.1) is 0 Å². The minimum atomic E-state index is 0.197. The van der Waals surface area contributed by atoms with Crippen LogP contribution in [0.1, 0.15) is 65.0 Å². The summed E-state index contributed by atoms with van der Waals surface area (Å²) in [5, 5.41) is 3.56. The Kier molecular flexibility index (Phi) is 9.36. The molecule has 0 amide bonds. The molecule has 0 fully saturated rings. The van der Waals surface area contributed by atoms with E-state index in [0.29, 0.717) is 5.92 Å². The normalized spacial score (nSPS) is 15.6. The van der Waals surface area contributed by atoms with Gasteiger partial charge in [0.15, 0.2) is 0 Å². The van der Waals surface area contributed by atoms with Crippen molar-refractivity contribution < 1.29 is 4.74 Å². The largest absolute Gasteiger partial charge is 0.376 e. The molecule has 1 aromatic carbocycles. The maximum atomic E-state index is 6.20. The zero-order valence-corrected chi connectivity index (χ0v) is 14.3. The van der Waals surface area contributed by atoms with Gasteiger partial charge in [-0.1, -0.05) is 70.4 Å². The van der Waals surface area contributed by atoms with E-state index in [0.717, 1.165) is 13.2 Å². The predicted octanol–water partition coefficient (Wildman–Crippen LogP) is 4.96. The molecule has 0 radical (unpaired) electrons. The fraction of sp³-hybridized carbons (Fsp3) is 0.684. The van der Waals surface area contributed by atoms with Crippen LogP contribution in [-0.2, 0) is 4.74 Å². The summed E-state index contributed by atoms with van der Waals surface area (Å²) in [7, 11) is 0. The number of benzene rings is 1. The van der Waals surface area contributed by atoms with Crippen molar-refractivity contribution in [3.8, 4) is 0 Å². The molecule has 0 aliphatic heterocycles. The van der Waals surface area contributed by atoms with Gasteiger partial charge in [-0.2, -0.15) is 0 Å². The standard InChI is InChI=1S/C19H33NO/c1-5-8-12-17(6-2)15-21-16(4)19(20-7-3)18-13-10-9-11-14-18/h9-11,13-14,16-17,19-20H,5-8,12,15H2,1-4H3. The predicted molar refractivity (Wildman–Crippen MR) is 91.6 cm³/mol. The lowest BCUT2D eigenvalue weighted by Crippen LogP contribution is -2.33. The molecule has 1 rings (SSSR count). The lowest BCUT2D eigenvalue weighted by molar-refractivity contribution is 0.0141. The number of unbranched alkanes of at least 4 members (excludes halogenated alkanes) is 1. The van der Waals surface area contributed by atoms with Crippen LogP contribution in [0.15, 0.2) is 30.3 Å². The van der Waals surface area contributed by atoms with Gasteiger partial charge in [0.05, 0.1) is 12.1 Å². The highest BCUT2D eigenvalue weighted by Gasteiger charge is 2.19. The number of nitrogens with one attached hydrogen (secondary N) is 1. The molecule has 3 unspecified atom stereocenters. The summed E-state index contributed by atoms with van der Waals surface area (Å²) in [5.41, 5.74) is 1.31. The van der Waals surface area contributed by atoms with E-state index in [2.05, 4.69) is 63.3 Å². The van der Waals surface area contributed by atoms with Crippen LogP contribution < -0.4 is 5.32 Å². The Morgan fingerprint density at radius 2 is 1.81 bits per heavy atom. The molecule has 120 valence electrons. The van der Waals surface area contributed by atoms with Crippen LogP contribution >= 0.6 is 0 Å². The molecule has 21 heavy (non-hydrogen) atoms. The number of hydrogen-bond donors (Lipinski definition) is 1. The molecule has 0 saturated heterocycles. The fourth-order valence-corrected chi connectivity index (χ4v) is 2.72. The van der Waals surface area contributed by atoms with Crippen molar-refractivity contribution in [3.63, 3.8) is 0 Å². The zero-order chi connectivity index (χ0) is 15.5. The Morgan fingerprint density at radius 1 is 1.10 bits per heavy atom. The Morgan fingerprint density at radius 3 is 2.38 bits per heavy atom. The number of ether oxygens (including phenoxy) is 1. The highest BCUT2D eigenvalue weighted by atomic mass is 16.5. The smallest absolute Gasteiger partial charge is 0.0741 e. The van der Waals surface area contributed by atoms with Crippen LogP contribution in [0.5, 0.6) is 0 Å². The van der Waals surface area contributed by atoms with Gasteiger partial charge in [-0.25, -0.2) is 0 Å². The average Bonchev–Trinajstić information content (AvgIpc) is 2.53. The van der Waals surface area contributed by atoms with E-state index in [4.69, 9.17) is 4.74 Å². The van der Waals surface area contributed by atoms with Crippen LogP contribution in [0.2, 0.25) is 0 Å². The van der Waals surface area contributed by atoms with E-state index in [9.17, 15) is 0 Å². The van der Waals surface area contributed by atoms with Crippen LogP contribution in [0.3, 0.4) is 0 Å². The monoisotopic (exact) mass is 291 g/mol. The molecule has 1 aromatic rings. The number of rotatable bonds is 11. The third-order valence-electron chi connectivity index (χ3n) is 4.19. The molecule has 0 spiro atoms. The van der Waals surface area contributed by atoms with Crippen molar-refractivity contribution in [1.29, 1.82) is 0 Å². The molecule has 0 aliphatic carbocycles. The first-order chi connectivity index (χ1) is 10.2. The van der Waals surface area contributed by atoms with Crippen molar-refractivity contribution >= 4 is 0 Å². The third-order valence-corrected chi connectivity index (χ3v) is 4.19. The van der Waals surface area contributed by atoms with Gasteiger partial charge in [0.1, 0.15) is 0 Å². The maximum Gasteiger partial charge on any atom is 0.0741 e. The SMILES string of the molecule is CCCCC(CC)COC(C)C(NCC)c1ccccc1. The quantitative estimate of drug-likeness (QED) is 0.622.